The molecule has 0 saturated carbocycles. The number of aryl methyl sites for hydroxylation is 1. The van der Waals surface area contributed by atoms with Gasteiger partial charge in [-0.15, -0.1) is 0 Å². The highest BCUT2D eigenvalue weighted by Crippen LogP contribution is 2.39. The number of nitrogens with one attached hydrogen (secondary N) is 1. The molecule has 3 aromatic rings. The van der Waals surface area contributed by atoms with Crippen LogP contribution in [0.3, 0.4) is 0 Å². The summed E-state index contributed by atoms with van der Waals surface area (Å²) in [5.74, 6) is 0.790. The van der Waals surface area contributed by atoms with E-state index in [4.69, 9.17) is 38.0 Å². The number of halogens is 1. The molecular weight excluding hydrogens is 544 g/mol. The van der Waals surface area contributed by atoms with Gasteiger partial charge in [-0.25, -0.2) is 0 Å². The first-order valence-electron chi connectivity index (χ1n) is 11.6. The SMILES string of the molecule is CCc1ccc(NC(=O)COc2ccc(/C=C3\SC(=S)N(c4ccc(OC)c(Cl)c4)C3=O)cc2OC)cc1. The Morgan fingerprint density at radius 2 is 1.74 bits per heavy atom. The summed E-state index contributed by atoms with van der Waals surface area (Å²) in [5.41, 5.74) is 3.16. The van der Waals surface area contributed by atoms with Gasteiger partial charge in [0.25, 0.3) is 11.8 Å². The summed E-state index contributed by atoms with van der Waals surface area (Å²) >= 11 is 12.9. The van der Waals surface area contributed by atoms with Gasteiger partial charge in [-0.1, -0.05) is 60.7 Å². The number of benzene rings is 3. The van der Waals surface area contributed by atoms with Crippen molar-refractivity contribution in [2.45, 2.75) is 13.3 Å². The molecule has 0 bridgehead atoms. The highest BCUT2D eigenvalue weighted by Gasteiger charge is 2.33. The van der Waals surface area contributed by atoms with Crippen molar-refractivity contribution in [3.63, 3.8) is 0 Å². The molecule has 0 radical (unpaired) electrons. The first-order chi connectivity index (χ1) is 18.3. The number of amides is 2. The molecule has 0 aromatic heterocycles. The molecule has 7 nitrogen and oxygen atoms in total. The Bertz CT molecular complexity index is 1410. The highest BCUT2D eigenvalue weighted by atomic mass is 35.5. The van der Waals surface area contributed by atoms with Crippen LogP contribution in [0.1, 0.15) is 18.1 Å². The zero-order chi connectivity index (χ0) is 27.2. The Morgan fingerprint density at radius 3 is 2.39 bits per heavy atom. The maximum atomic E-state index is 13.1. The van der Waals surface area contributed by atoms with E-state index in [-0.39, 0.29) is 18.4 Å². The molecule has 38 heavy (non-hydrogen) atoms. The number of rotatable bonds is 9. The topological polar surface area (TPSA) is 77.1 Å². The molecule has 10 heteroatoms. The van der Waals surface area contributed by atoms with Crippen LogP contribution in [0, 0.1) is 0 Å². The van der Waals surface area contributed by atoms with Gasteiger partial charge in [-0.2, -0.15) is 0 Å². The summed E-state index contributed by atoms with van der Waals surface area (Å²) in [6.07, 6.45) is 2.66. The first kappa shape index (κ1) is 27.5. The van der Waals surface area contributed by atoms with Crippen molar-refractivity contribution in [1.29, 1.82) is 0 Å². The predicted molar refractivity (Wildman–Crippen MR) is 157 cm³/mol. The van der Waals surface area contributed by atoms with Gasteiger partial charge in [0.1, 0.15) is 5.75 Å². The van der Waals surface area contributed by atoms with E-state index < -0.39 is 0 Å². The third-order valence-electron chi connectivity index (χ3n) is 5.68. The number of methoxy groups -OCH3 is 2. The van der Waals surface area contributed by atoms with Crippen LogP contribution in [0.5, 0.6) is 17.2 Å². The van der Waals surface area contributed by atoms with Crippen molar-refractivity contribution in [3.8, 4) is 17.2 Å². The van der Waals surface area contributed by atoms with Crippen LogP contribution in [0.15, 0.2) is 65.6 Å². The Kier molecular flexibility index (Phi) is 8.93. The van der Waals surface area contributed by atoms with Gasteiger partial charge in [0.05, 0.1) is 29.8 Å². The van der Waals surface area contributed by atoms with E-state index in [2.05, 4.69) is 12.2 Å². The molecule has 1 N–H and O–H groups in total. The molecule has 196 valence electrons. The Balaban J connectivity index is 1.44. The van der Waals surface area contributed by atoms with Crippen LogP contribution in [-0.4, -0.2) is 37.0 Å². The van der Waals surface area contributed by atoms with Gasteiger partial charge >= 0.3 is 0 Å². The second-order valence-electron chi connectivity index (χ2n) is 8.13. The van der Waals surface area contributed by atoms with Gasteiger partial charge in [-0.05, 0) is 66.1 Å². The smallest absolute Gasteiger partial charge is 0.270 e. The standard InChI is InChI=1S/C28H25ClN2O5S2/c1-4-17-5-8-19(9-6-17)30-26(32)16-36-23-11-7-18(13-24(23)35-3)14-25-27(33)31(28(37)38-25)20-10-12-22(34-2)21(29)15-20/h5-15H,4,16H2,1-3H3,(H,30,32)/b25-14-. The Hall–Kier alpha value is -3.53. The molecule has 2 amide bonds. The van der Waals surface area contributed by atoms with Crippen molar-refractivity contribution in [1.82, 2.24) is 0 Å². The van der Waals surface area contributed by atoms with Gasteiger partial charge in [0.15, 0.2) is 22.4 Å². The number of hydrogen-bond donors (Lipinski definition) is 1. The van der Waals surface area contributed by atoms with Crippen molar-refractivity contribution in [2.24, 2.45) is 0 Å². The maximum absolute atomic E-state index is 13.1. The molecule has 1 aliphatic heterocycles. The second kappa shape index (κ2) is 12.3. The Labute approximate surface area is 235 Å². The number of ether oxygens (including phenoxy) is 3. The van der Waals surface area contributed by atoms with Crippen LogP contribution in [-0.2, 0) is 16.0 Å². The van der Waals surface area contributed by atoms with Crippen LogP contribution in [0.25, 0.3) is 6.08 Å². The lowest BCUT2D eigenvalue weighted by molar-refractivity contribution is -0.118. The van der Waals surface area contributed by atoms with E-state index >= 15 is 0 Å². The summed E-state index contributed by atoms with van der Waals surface area (Å²) in [7, 11) is 3.03. The molecule has 3 aromatic carbocycles. The summed E-state index contributed by atoms with van der Waals surface area (Å²) in [6.45, 7) is 1.89. The molecule has 0 aliphatic carbocycles. The number of thiocarbonyl (C=S) groups is 1. The number of thioether (sulfide) groups is 1. The average Bonchev–Trinajstić information content (AvgIpc) is 3.20. The molecule has 1 heterocycles. The summed E-state index contributed by atoms with van der Waals surface area (Å²) < 4.78 is 16.7. The lowest BCUT2D eigenvalue weighted by Crippen LogP contribution is -2.27. The fourth-order valence-corrected chi connectivity index (χ4v) is 5.24. The van der Waals surface area contributed by atoms with Gasteiger partial charge in [0.2, 0.25) is 0 Å². The number of anilines is 2. The van der Waals surface area contributed by atoms with Gasteiger partial charge < -0.3 is 19.5 Å². The summed E-state index contributed by atoms with van der Waals surface area (Å²) in [5, 5.41) is 3.19. The molecule has 0 atom stereocenters. The van der Waals surface area contributed by atoms with Gasteiger partial charge in [-0.3, -0.25) is 14.5 Å². The maximum Gasteiger partial charge on any atom is 0.270 e. The highest BCUT2D eigenvalue weighted by molar-refractivity contribution is 8.27. The third-order valence-corrected chi connectivity index (χ3v) is 7.27. The molecule has 1 aliphatic rings. The number of hydrogen-bond acceptors (Lipinski definition) is 7. The zero-order valence-corrected chi connectivity index (χ0v) is 23.3. The number of carbonyl (C=O) groups excluding carboxylic acids is 2. The lowest BCUT2D eigenvalue weighted by atomic mass is 10.1. The summed E-state index contributed by atoms with van der Waals surface area (Å²) in [6, 6.07) is 17.9. The quantitative estimate of drug-likeness (QED) is 0.238. The van der Waals surface area contributed by atoms with E-state index in [0.717, 1.165) is 6.42 Å². The van der Waals surface area contributed by atoms with Crippen molar-refractivity contribution >= 4 is 69.2 Å². The van der Waals surface area contributed by atoms with Crippen molar-refractivity contribution < 1.29 is 23.8 Å². The monoisotopic (exact) mass is 568 g/mol. The molecule has 1 saturated heterocycles. The Morgan fingerprint density at radius 1 is 1.03 bits per heavy atom. The van der Waals surface area contributed by atoms with Crippen LogP contribution in [0.2, 0.25) is 5.02 Å². The number of carbonyl (C=O) groups is 2. The molecular formula is C28H25ClN2O5S2. The second-order valence-corrected chi connectivity index (χ2v) is 10.2. The van der Waals surface area contributed by atoms with E-state index in [0.29, 0.717) is 48.4 Å². The lowest BCUT2D eigenvalue weighted by Gasteiger charge is -2.15. The minimum absolute atomic E-state index is 0.186. The first-order valence-corrected chi connectivity index (χ1v) is 13.2. The van der Waals surface area contributed by atoms with Crippen LogP contribution in [0.4, 0.5) is 11.4 Å². The van der Waals surface area contributed by atoms with Crippen molar-refractivity contribution in [2.75, 3.05) is 31.0 Å². The van der Waals surface area contributed by atoms with E-state index in [1.165, 1.54) is 36.4 Å². The minimum Gasteiger partial charge on any atom is -0.495 e. The van der Waals surface area contributed by atoms with E-state index in [1.807, 2.05) is 24.3 Å². The van der Waals surface area contributed by atoms with E-state index in [9.17, 15) is 9.59 Å². The minimum atomic E-state index is -0.289. The zero-order valence-electron chi connectivity index (χ0n) is 20.9. The van der Waals surface area contributed by atoms with E-state index in [1.54, 1.807) is 42.5 Å². The van der Waals surface area contributed by atoms with Crippen LogP contribution >= 0.6 is 35.6 Å². The molecule has 1 fully saturated rings. The predicted octanol–water partition coefficient (Wildman–Crippen LogP) is 6.34. The average molecular weight is 569 g/mol. The molecule has 4 rings (SSSR count). The fraction of sp³-hybridized carbons (Fsp3) is 0.179. The van der Waals surface area contributed by atoms with Crippen molar-refractivity contribution in [3.05, 3.63) is 81.7 Å². The largest absolute Gasteiger partial charge is 0.495 e. The molecule has 0 spiro atoms. The normalized spacial score (nSPS) is 14.1. The van der Waals surface area contributed by atoms with Crippen LogP contribution < -0.4 is 24.4 Å². The molecule has 0 unspecified atom stereocenters. The summed E-state index contributed by atoms with van der Waals surface area (Å²) in [4.78, 5) is 27.4. The fourth-order valence-electron chi connectivity index (χ4n) is 3.69. The van der Waals surface area contributed by atoms with Gasteiger partial charge in [0, 0.05) is 5.69 Å². The number of nitrogens with zero attached hydrogens (tertiary/aromatic N) is 1. The third kappa shape index (κ3) is 6.30.